The lowest BCUT2D eigenvalue weighted by Crippen LogP contribution is -2.21. The average molecular weight is 394 g/mol. The standard InChI is InChI=1S/C19H17ClFNO5/c1-2-10-26-18(24)12-6-8-13(9-7-12)22-16(23)11-27-19(25)17-14(20)4-3-5-15(17)21/h3-9H,2,10-11H2,1H3,(H,22,23). The number of esters is 2. The second kappa shape index (κ2) is 9.68. The second-order valence-electron chi connectivity index (χ2n) is 5.43. The minimum atomic E-state index is -1.04. The third-order valence-corrected chi connectivity index (χ3v) is 3.66. The van der Waals surface area contributed by atoms with E-state index in [1.54, 1.807) is 0 Å². The number of hydrogen-bond acceptors (Lipinski definition) is 5. The van der Waals surface area contributed by atoms with Crippen LogP contribution >= 0.6 is 11.6 Å². The molecule has 2 rings (SSSR count). The van der Waals surface area contributed by atoms with Crippen molar-refractivity contribution in [2.24, 2.45) is 0 Å². The largest absolute Gasteiger partial charge is 0.462 e. The Morgan fingerprint density at radius 2 is 1.74 bits per heavy atom. The van der Waals surface area contributed by atoms with Gasteiger partial charge in [0.1, 0.15) is 11.4 Å². The number of rotatable bonds is 7. The highest BCUT2D eigenvalue weighted by molar-refractivity contribution is 6.33. The van der Waals surface area contributed by atoms with Crippen LogP contribution in [-0.4, -0.2) is 31.1 Å². The van der Waals surface area contributed by atoms with Crippen molar-refractivity contribution in [1.82, 2.24) is 0 Å². The Morgan fingerprint density at radius 1 is 1.04 bits per heavy atom. The predicted octanol–water partition coefficient (Wildman–Crippen LogP) is 3.84. The molecule has 1 N–H and O–H groups in total. The van der Waals surface area contributed by atoms with Gasteiger partial charge in [0.25, 0.3) is 5.91 Å². The van der Waals surface area contributed by atoms with E-state index in [2.05, 4.69) is 5.32 Å². The van der Waals surface area contributed by atoms with Crippen LogP contribution in [0.25, 0.3) is 0 Å². The number of nitrogens with one attached hydrogen (secondary N) is 1. The Bertz CT molecular complexity index is 818. The molecule has 0 unspecified atom stereocenters. The van der Waals surface area contributed by atoms with Crippen LogP contribution < -0.4 is 5.32 Å². The van der Waals surface area contributed by atoms with E-state index < -0.39 is 35.8 Å². The lowest BCUT2D eigenvalue weighted by molar-refractivity contribution is -0.119. The Kier molecular flexibility index (Phi) is 7.31. The molecule has 0 saturated carbocycles. The van der Waals surface area contributed by atoms with Crippen LogP contribution in [0.3, 0.4) is 0 Å². The van der Waals surface area contributed by atoms with Crippen molar-refractivity contribution >= 4 is 35.1 Å². The highest BCUT2D eigenvalue weighted by Gasteiger charge is 2.18. The summed E-state index contributed by atoms with van der Waals surface area (Å²) in [5, 5.41) is 2.39. The summed E-state index contributed by atoms with van der Waals surface area (Å²) in [5.41, 5.74) is 0.316. The molecule has 0 saturated heterocycles. The average Bonchev–Trinajstić information content (AvgIpc) is 2.65. The van der Waals surface area contributed by atoms with Crippen molar-refractivity contribution in [3.8, 4) is 0 Å². The second-order valence-corrected chi connectivity index (χ2v) is 5.84. The van der Waals surface area contributed by atoms with Crippen LogP contribution in [-0.2, 0) is 14.3 Å². The third kappa shape index (κ3) is 5.79. The summed E-state index contributed by atoms with van der Waals surface area (Å²) in [6.45, 7) is 1.59. The number of amides is 1. The first-order valence-corrected chi connectivity index (χ1v) is 8.48. The van der Waals surface area contributed by atoms with Gasteiger partial charge in [0.15, 0.2) is 6.61 Å². The molecule has 0 atom stereocenters. The fraction of sp³-hybridized carbons (Fsp3) is 0.211. The van der Waals surface area contributed by atoms with Crippen molar-refractivity contribution < 1.29 is 28.2 Å². The minimum Gasteiger partial charge on any atom is -0.462 e. The fourth-order valence-corrected chi connectivity index (χ4v) is 2.30. The Morgan fingerprint density at radius 3 is 2.37 bits per heavy atom. The molecule has 2 aromatic carbocycles. The monoisotopic (exact) mass is 393 g/mol. The van der Waals surface area contributed by atoms with Gasteiger partial charge in [-0.25, -0.2) is 14.0 Å². The van der Waals surface area contributed by atoms with E-state index >= 15 is 0 Å². The molecular weight excluding hydrogens is 377 g/mol. The molecular formula is C19H17ClFNO5. The molecule has 1 amide bonds. The van der Waals surface area contributed by atoms with E-state index in [1.165, 1.54) is 36.4 Å². The number of halogens is 2. The lowest BCUT2D eigenvalue weighted by atomic mass is 10.2. The van der Waals surface area contributed by atoms with Crippen LogP contribution in [0.5, 0.6) is 0 Å². The maximum atomic E-state index is 13.6. The molecule has 142 valence electrons. The molecule has 0 aliphatic heterocycles. The molecule has 0 radical (unpaired) electrons. The molecule has 0 aliphatic carbocycles. The first-order valence-electron chi connectivity index (χ1n) is 8.10. The number of carbonyl (C=O) groups excluding carboxylic acids is 3. The van der Waals surface area contributed by atoms with Gasteiger partial charge >= 0.3 is 11.9 Å². The van der Waals surface area contributed by atoms with Gasteiger partial charge in [-0.15, -0.1) is 0 Å². The molecule has 8 heteroatoms. The zero-order valence-corrected chi connectivity index (χ0v) is 15.2. The van der Waals surface area contributed by atoms with E-state index in [9.17, 15) is 18.8 Å². The summed E-state index contributed by atoms with van der Waals surface area (Å²) >= 11 is 5.76. The molecule has 0 aliphatic rings. The summed E-state index contributed by atoms with van der Waals surface area (Å²) in [5.74, 6) is -2.96. The van der Waals surface area contributed by atoms with E-state index in [-0.39, 0.29) is 5.02 Å². The summed E-state index contributed by atoms with van der Waals surface area (Å²) in [7, 11) is 0. The molecule has 2 aromatic rings. The minimum absolute atomic E-state index is 0.106. The summed E-state index contributed by atoms with van der Waals surface area (Å²) in [6.07, 6.45) is 0.719. The van der Waals surface area contributed by atoms with Crippen molar-refractivity contribution in [2.75, 3.05) is 18.5 Å². The zero-order valence-electron chi connectivity index (χ0n) is 14.5. The van der Waals surface area contributed by atoms with Gasteiger partial charge in [-0.05, 0) is 42.8 Å². The Labute approximate surface area is 160 Å². The predicted molar refractivity (Wildman–Crippen MR) is 97.3 cm³/mol. The van der Waals surface area contributed by atoms with Gasteiger partial charge in [0.05, 0.1) is 17.2 Å². The van der Waals surface area contributed by atoms with E-state index in [4.69, 9.17) is 21.1 Å². The molecule has 27 heavy (non-hydrogen) atoms. The SMILES string of the molecule is CCCOC(=O)c1ccc(NC(=O)COC(=O)c2c(F)cccc2Cl)cc1. The quantitative estimate of drug-likeness (QED) is 0.723. The summed E-state index contributed by atoms with van der Waals surface area (Å²) < 4.78 is 23.4. The van der Waals surface area contributed by atoms with Crippen LogP contribution in [0.4, 0.5) is 10.1 Å². The Balaban J connectivity index is 1.88. The number of carbonyl (C=O) groups is 3. The number of ether oxygens (including phenoxy) is 2. The molecule has 0 bridgehead atoms. The van der Waals surface area contributed by atoms with Gasteiger partial charge in [0, 0.05) is 5.69 Å². The smallest absolute Gasteiger partial charge is 0.343 e. The highest BCUT2D eigenvalue weighted by atomic mass is 35.5. The highest BCUT2D eigenvalue weighted by Crippen LogP contribution is 2.19. The van der Waals surface area contributed by atoms with Gasteiger partial charge in [-0.1, -0.05) is 24.6 Å². The third-order valence-electron chi connectivity index (χ3n) is 3.34. The van der Waals surface area contributed by atoms with Crippen LogP contribution in [0, 0.1) is 5.82 Å². The van der Waals surface area contributed by atoms with E-state index in [0.717, 1.165) is 12.5 Å². The molecule has 6 nitrogen and oxygen atoms in total. The molecule has 0 spiro atoms. The molecule has 0 aromatic heterocycles. The molecule has 0 fully saturated rings. The van der Waals surface area contributed by atoms with Gasteiger partial charge in [0.2, 0.25) is 0 Å². The maximum absolute atomic E-state index is 13.6. The van der Waals surface area contributed by atoms with Crippen molar-refractivity contribution in [3.63, 3.8) is 0 Å². The first-order chi connectivity index (χ1) is 12.9. The summed E-state index contributed by atoms with van der Waals surface area (Å²) in [6, 6.07) is 9.77. The normalized spacial score (nSPS) is 10.2. The number of anilines is 1. The number of hydrogen-bond donors (Lipinski definition) is 1. The van der Waals surface area contributed by atoms with E-state index in [1.807, 2.05) is 6.92 Å². The van der Waals surface area contributed by atoms with Crippen molar-refractivity contribution in [1.29, 1.82) is 0 Å². The van der Waals surface area contributed by atoms with Gasteiger partial charge in [-0.2, -0.15) is 0 Å². The maximum Gasteiger partial charge on any atom is 0.343 e. The lowest BCUT2D eigenvalue weighted by Gasteiger charge is -2.09. The van der Waals surface area contributed by atoms with Crippen molar-refractivity contribution in [3.05, 3.63) is 64.4 Å². The van der Waals surface area contributed by atoms with Crippen LogP contribution in [0.2, 0.25) is 5.02 Å². The van der Waals surface area contributed by atoms with Crippen molar-refractivity contribution in [2.45, 2.75) is 13.3 Å². The first kappa shape index (κ1) is 20.4. The van der Waals surface area contributed by atoms with E-state index in [0.29, 0.717) is 17.9 Å². The van der Waals surface area contributed by atoms with Crippen LogP contribution in [0.1, 0.15) is 34.1 Å². The van der Waals surface area contributed by atoms with Crippen LogP contribution in [0.15, 0.2) is 42.5 Å². The Hall–Kier alpha value is -2.93. The van der Waals surface area contributed by atoms with Gasteiger partial charge < -0.3 is 14.8 Å². The topological polar surface area (TPSA) is 81.7 Å². The fourth-order valence-electron chi connectivity index (χ4n) is 2.06. The molecule has 0 heterocycles. The number of benzene rings is 2. The van der Waals surface area contributed by atoms with Gasteiger partial charge in [-0.3, -0.25) is 4.79 Å². The zero-order chi connectivity index (χ0) is 19.8. The summed E-state index contributed by atoms with van der Waals surface area (Å²) in [4.78, 5) is 35.4.